The van der Waals surface area contributed by atoms with Crippen molar-refractivity contribution in [1.82, 2.24) is 0 Å². The lowest BCUT2D eigenvalue weighted by Gasteiger charge is -2.07. The van der Waals surface area contributed by atoms with Gasteiger partial charge in [0.2, 0.25) is 0 Å². The Morgan fingerprint density at radius 1 is 1.28 bits per heavy atom. The molecule has 0 aliphatic carbocycles. The van der Waals surface area contributed by atoms with Gasteiger partial charge in [-0.1, -0.05) is 0 Å². The average molecular weight is 313 g/mol. The van der Waals surface area contributed by atoms with Gasteiger partial charge >= 0.3 is 0 Å². The van der Waals surface area contributed by atoms with Crippen LogP contribution in [0.4, 0.5) is 5.69 Å². The zero-order valence-corrected chi connectivity index (χ0v) is 11.5. The van der Waals surface area contributed by atoms with E-state index in [-0.39, 0.29) is 22.9 Å². The van der Waals surface area contributed by atoms with Crippen molar-refractivity contribution >= 4 is 38.6 Å². The summed E-state index contributed by atoms with van der Waals surface area (Å²) in [4.78, 5) is -0.912. The first-order valence-corrected chi connectivity index (χ1v) is 8.00. The number of sulfone groups is 1. The monoisotopic (exact) mass is 313 g/mol. The lowest BCUT2D eigenvalue weighted by Crippen LogP contribution is -2.12. The van der Waals surface area contributed by atoms with Crippen LogP contribution in [0, 0.1) is 0 Å². The SMILES string of the molecule is Nc1ccc(S(=O)(=O)CCOS)cc1S(=O)(=O)O. The lowest BCUT2D eigenvalue weighted by molar-refractivity contribution is 0.409. The molecule has 0 heterocycles. The molecule has 1 rings (SSSR count). The van der Waals surface area contributed by atoms with Crippen LogP contribution in [0.3, 0.4) is 0 Å². The standard InChI is InChI=1S/C8H11NO6S3/c9-7-2-1-6(5-8(7)18(12,13)14)17(10,11)4-3-15-16/h1-2,5,16H,3-4,9H2,(H,12,13,14). The summed E-state index contributed by atoms with van der Waals surface area (Å²) in [7, 11) is -8.30. The van der Waals surface area contributed by atoms with Gasteiger partial charge in [0.1, 0.15) is 4.90 Å². The summed E-state index contributed by atoms with van der Waals surface area (Å²) in [5, 5.41) is 0. The van der Waals surface area contributed by atoms with Crippen molar-refractivity contribution in [2.75, 3.05) is 18.1 Å². The third-order valence-electron chi connectivity index (χ3n) is 2.07. The van der Waals surface area contributed by atoms with Gasteiger partial charge < -0.3 is 9.92 Å². The largest absolute Gasteiger partial charge is 0.398 e. The summed E-state index contributed by atoms with van der Waals surface area (Å²) in [6.07, 6.45) is 0. The van der Waals surface area contributed by atoms with Crippen LogP contribution < -0.4 is 5.73 Å². The van der Waals surface area contributed by atoms with Crippen molar-refractivity contribution in [2.45, 2.75) is 9.79 Å². The van der Waals surface area contributed by atoms with Gasteiger partial charge in [0, 0.05) is 0 Å². The molecule has 1 aromatic carbocycles. The zero-order chi connectivity index (χ0) is 14.0. The maximum absolute atomic E-state index is 11.8. The highest BCUT2D eigenvalue weighted by molar-refractivity contribution is 7.91. The summed E-state index contributed by atoms with van der Waals surface area (Å²) >= 11 is 3.41. The molecule has 0 bridgehead atoms. The van der Waals surface area contributed by atoms with Crippen LogP contribution in [0.1, 0.15) is 0 Å². The molecule has 18 heavy (non-hydrogen) atoms. The van der Waals surface area contributed by atoms with E-state index in [2.05, 4.69) is 17.1 Å². The molecule has 0 aliphatic rings. The maximum Gasteiger partial charge on any atom is 0.296 e. The fourth-order valence-electron chi connectivity index (χ4n) is 1.20. The van der Waals surface area contributed by atoms with E-state index in [9.17, 15) is 16.8 Å². The van der Waals surface area contributed by atoms with Gasteiger partial charge in [-0.05, 0) is 31.1 Å². The second-order valence-electron chi connectivity index (χ2n) is 3.33. The summed E-state index contributed by atoms with van der Waals surface area (Å²) in [6, 6.07) is 3.05. The molecule has 0 unspecified atom stereocenters. The minimum absolute atomic E-state index is 0.156. The van der Waals surface area contributed by atoms with Crippen molar-refractivity contribution in [3.8, 4) is 0 Å². The topological polar surface area (TPSA) is 124 Å². The molecular formula is C8H11NO6S3. The number of anilines is 1. The summed E-state index contributed by atoms with van der Waals surface area (Å²) < 4.78 is 58.7. The van der Waals surface area contributed by atoms with E-state index in [1.54, 1.807) is 0 Å². The van der Waals surface area contributed by atoms with E-state index in [4.69, 9.17) is 10.3 Å². The number of thiol groups is 1. The molecule has 1 aromatic rings. The average Bonchev–Trinajstić information content (AvgIpc) is 2.25. The van der Waals surface area contributed by atoms with Crippen molar-refractivity contribution in [3.63, 3.8) is 0 Å². The normalized spacial score (nSPS) is 12.6. The highest BCUT2D eigenvalue weighted by Gasteiger charge is 2.20. The minimum Gasteiger partial charge on any atom is -0.398 e. The fraction of sp³-hybridized carbons (Fsp3) is 0.250. The van der Waals surface area contributed by atoms with Crippen LogP contribution in [0.25, 0.3) is 0 Å². The minimum atomic E-state index is -4.57. The summed E-state index contributed by atoms with van der Waals surface area (Å²) in [6.45, 7) is -0.156. The Morgan fingerprint density at radius 3 is 2.39 bits per heavy atom. The number of nitrogen functional groups attached to an aromatic ring is 1. The van der Waals surface area contributed by atoms with Crippen molar-refractivity contribution < 1.29 is 25.6 Å². The van der Waals surface area contributed by atoms with Crippen LogP contribution in [0.2, 0.25) is 0 Å². The van der Waals surface area contributed by atoms with Gasteiger partial charge in [-0.2, -0.15) is 8.42 Å². The molecule has 0 saturated carbocycles. The number of hydrogen-bond donors (Lipinski definition) is 3. The molecule has 0 atom stereocenters. The van der Waals surface area contributed by atoms with Gasteiger partial charge in [-0.25, -0.2) is 8.42 Å². The number of nitrogens with two attached hydrogens (primary N) is 1. The number of benzene rings is 1. The van der Waals surface area contributed by atoms with Gasteiger partial charge in [0.25, 0.3) is 10.1 Å². The Bertz CT molecular complexity index is 637. The third kappa shape index (κ3) is 3.59. The van der Waals surface area contributed by atoms with E-state index in [1.807, 2.05) is 0 Å². The van der Waals surface area contributed by atoms with E-state index in [0.717, 1.165) is 18.2 Å². The van der Waals surface area contributed by atoms with Crippen LogP contribution >= 0.6 is 12.9 Å². The summed E-state index contributed by atoms with van der Waals surface area (Å²) in [5.74, 6) is -0.370. The molecule has 10 heteroatoms. The molecule has 102 valence electrons. The lowest BCUT2D eigenvalue weighted by atomic mass is 10.3. The predicted molar refractivity (Wildman–Crippen MR) is 67.7 cm³/mol. The van der Waals surface area contributed by atoms with E-state index >= 15 is 0 Å². The zero-order valence-electron chi connectivity index (χ0n) is 8.98. The number of rotatable bonds is 5. The van der Waals surface area contributed by atoms with E-state index in [1.165, 1.54) is 0 Å². The quantitative estimate of drug-likeness (QED) is 0.306. The first-order chi connectivity index (χ1) is 8.18. The first-order valence-electron chi connectivity index (χ1n) is 4.54. The fourth-order valence-corrected chi connectivity index (χ4v) is 3.24. The van der Waals surface area contributed by atoms with Gasteiger partial charge in [0.15, 0.2) is 9.84 Å². The molecule has 0 saturated heterocycles. The summed E-state index contributed by atoms with van der Waals surface area (Å²) in [5.41, 5.74) is 5.11. The Kier molecular flexibility index (Phi) is 4.61. The van der Waals surface area contributed by atoms with E-state index < -0.39 is 24.9 Å². The van der Waals surface area contributed by atoms with Crippen molar-refractivity contribution in [2.24, 2.45) is 0 Å². The first kappa shape index (κ1) is 15.2. The molecule has 7 nitrogen and oxygen atoms in total. The number of hydrogen-bond acceptors (Lipinski definition) is 7. The molecule has 0 aromatic heterocycles. The molecule has 0 aliphatic heterocycles. The van der Waals surface area contributed by atoms with Gasteiger partial charge in [0.05, 0.1) is 22.9 Å². The molecule has 3 N–H and O–H groups in total. The van der Waals surface area contributed by atoms with Crippen molar-refractivity contribution in [1.29, 1.82) is 0 Å². The molecule has 0 spiro atoms. The molecule has 0 radical (unpaired) electrons. The van der Waals surface area contributed by atoms with Crippen LogP contribution in [0.15, 0.2) is 28.0 Å². The molecule has 0 amide bonds. The predicted octanol–water partition coefficient (Wildman–Crippen LogP) is 0.151. The third-order valence-corrected chi connectivity index (χ3v) is 4.83. The Balaban J connectivity index is 3.30. The van der Waals surface area contributed by atoms with Gasteiger partial charge in [-0.15, -0.1) is 0 Å². The smallest absolute Gasteiger partial charge is 0.296 e. The Hall–Kier alpha value is -0.810. The molecule has 0 fully saturated rings. The second-order valence-corrected chi connectivity index (χ2v) is 7.08. The van der Waals surface area contributed by atoms with Crippen LogP contribution in [-0.4, -0.2) is 33.7 Å². The maximum atomic E-state index is 11.8. The Morgan fingerprint density at radius 2 is 1.89 bits per heavy atom. The second kappa shape index (κ2) is 5.45. The van der Waals surface area contributed by atoms with Gasteiger partial charge in [-0.3, -0.25) is 4.55 Å². The highest BCUT2D eigenvalue weighted by Crippen LogP contribution is 2.23. The molecular weight excluding hydrogens is 302 g/mol. The van der Waals surface area contributed by atoms with Crippen molar-refractivity contribution in [3.05, 3.63) is 18.2 Å². The highest BCUT2D eigenvalue weighted by atomic mass is 32.2. The Labute approximate surface area is 110 Å². The van der Waals surface area contributed by atoms with E-state index in [0.29, 0.717) is 0 Å². The van der Waals surface area contributed by atoms with Crippen LogP contribution in [0.5, 0.6) is 0 Å². The van der Waals surface area contributed by atoms with Crippen LogP contribution in [-0.2, 0) is 24.1 Å².